The lowest BCUT2D eigenvalue weighted by atomic mass is 10.3. The molecule has 0 saturated heterocycles. The summed E-state index contributed by atoms with van der Waals surface area (Å²) in [6.45, 7) is 0. The van der Waals surface area contributed by atoms with Gasteiger partial charge in [-0.15, -0.1) is 0 Å². The van der Waals surface area contributed by atoms with Crippen LogP contribution in [0.5, 0.6) is 0 Å². The minimum Gasteiger partial charge on any atom is -0.252 e. The summed E-state index contributed by atoms with van der Waals surface area (Å²) in [5.41, 5.74) is 1.17. The highest BCUT2D eigenvalue weighted by atomic mass is 35.5. The van der Waals surface area contributed by atoms with Gasteiger partial charge < -0.3 is 0 Å². The summed E-state index contributed by atoms with van der Waals surface area (Å²) in [6.07, 6.45) is 0. The van der Waals surface area contributed by atoms with Gasteiger partial charge in [0.05, 0.1) is 11.0 Å². The third kappa shape index (κ3) is 2.53. The van der Waals surface area contributed by atoms with Crippen molar-refractivity contribution < 1.29 is 8.42 Å². The molecule has 1 heterocycles. The Kier molecular flexibility index (Phi) is 3.38. The van der Waals surface area contributed by atoms with Gasteiger partial charge in [-0.2, -0.15) is 12.7 Å². The van der Waals surface area contributed by atoms with E-state index in [1.165, 1.54) is 14.1 Å². The molecule has 0 spiro atoms. The van der Waals surface area contributed by atoms with Gasteiger partial charge in [-0.25, -0.2) is 9.97 Å². The lowest BCUT2D eigenvalue weighted by molar-refractivity contribution is 0.526. The van der Waals surface area contributed by atoms with E-state index in [2.05, 4.69) is 14.7 Å². The quantitative estimate of drug-likeness (QED) is 0.928. The molecule has 1 N–H and O–H groups in total. The van der Waals surface area contributed by atoms with Crippen LogP contribution < -0.4 is 4.72 Å². The topological polar surface area (TPSA) is 75.2 Å². The van der Waals surface area contributed by atoms with Gasteiger partial charge in [-0.05, 0) is 12.1 Å². The number of para-hydroxylation sites is 2. The zero-order chi connectivity index (χ0) is 13.3. The molecule has 8 heteroatoms. The van der Waals surface area contributed by atoms with Crippen molar-refractivity contribution in [2.24, 2.45) is 0 Å². The molecule has 0 radical (unpaired) electrons. The Balaban J connectivity index is 2.49. The molecule has 0 saturated carbocycles. The van der Waals surface area contributed by atoms with Gasteiger partial charge in [0.1, 0.15) is 0 Å². The number of hydrogen-bond donors (Lipinski definition) is 1. The summed E-state index contributed by atoms with van der Waals surface area (Å²) in [5, 5.41) is 0.0131. The summed E-state index contributed by atoms with van der Waals surface area (Å²) in [4.78, 5) is 8.21. The molecule has 96 valence electrons. The first-order chi connectivity index (χ1) is 8.40. The van der Waals surface area contributed by atoms with Crippen LogP contribution in [0.4, 0.5) is 5.82 Å². The first-order valence-electron chi connectivity index (χ1n) is 5.03. The van der Waals surface area contributed by atoms with Crippen LogP contribution in [0, 0.1) is 0 Å². The van der Waals surface area contributed by atoms with Crippen molar-refractivity contribution in [3.8, 4) is 0 Å². The largest absolute Gasteiger partial charge is 0.302 e. The molecule has 0 aliphatic rings. The van der Waals surface area contributed by atoms with Crippen molar-refractivity contribution in [3.63, 3.8) is 0 Å². The first kappa shape index (κ1) is 13.0. The number of benzene rings is 1. The third-order valence-electron chi connectivity index (χ3n) is 2.23. The van der Waals surface area contributed by atoms with Gasteiger partial charge >= 0.3 is 10.2 Å². The monoisotopic (exact) mass is 286 g/mol. The van der Waals surface area contributed by atoms with Gasteiger partial charge in [-0.1, -0.05) is 23.7 Å². The Morgan fingerprint density at radius 3 is 2.28 bits per heavy atom. The maximum Gasteiger partial charge on any atom is 0.302 e. The van der Waals surface area contributed by atoms with Crippen molar-refractivity contribution in [3.05, 3.63) is 29.4 Å². The average molecular weight is 287 g/mol. The van der Waals surface area contributed by atoms with E-state index in [9.17, 15) is 8.42 Å². The smallest absolute Gasteiger partial charge is 0.252 e. The van der Waals surface area contributed by atoms with E-state index >= 15 is 0 Å². The molecular formula is C10H11ClN4O2S. The normalized spacial score (nSPS) is 12.0. The predicted molar refractivity (Wildman–Crippen MR) is 70.8 cm³/mol. The highest BCUT2D eigenvalue weighted by molar-refractivity contribution is 7.90. The minimum atomic E-state index is -3.65. The Bertz CT molecular complexity index is 687. The Morgan fingerprint density at radius 1 is 1.17 bits per heavy atom. The molecule has 0 unspecified atom stereocenters. The van der Waals surface area contributed by atoms with Crippen molar-refractivity contribution >= 4 is 38.7 Å². The fraction of sp³-hybridized carbons (Fsp3) is 0.200. The van der Waals surface area contributed by atoms with Crippen LogP contribution in [0.25, 0.3) is 11.0 Å². The molecule has 2 aromatic rings. The van der Waals surface area contributed by atoms with Crippen molar-refractivity contribution in [1.82, 2.24) is 14.3 Å². The van der Waals surface area contributed by atoms with E-state index in [4.69, 9.17) is 11.6 Å². The molecule has 18 heavy (non-hydrogen) atoms. The molecule has 0 fully saturated rings. The Labute approximate surface area is 110 Å². The number of hydrogen-bond acceptors (Lipinski definition) is 4. The van der Waals surface area contributed by atoms with Gasteiger partial charge in [0.2, 0.25) is 0 Å². The first-order valence-corrected chi connectivity index (χ1v) is 6.84. The minimum absolute atomic E-state index is 0.0131. The molecule has 0 atom stereocenters. The molecule has 0 aliphatic heterocycles. The molecule has 1 aromatic heterocycles. The van der Waals surface area contributed by atoms with Crippen LogP contribution in [0.15, 0.2) is 24.3 Å². The standard InChI is InChI=1S/C10H11ClN4O2S/c1-15(2)18(16,17)14-10-9(11)12-7-5-3-4-6-8(7)13-10/h3-6H,1-2H3,(H,13,14). The fourth-order valence-electron chi connectivity index (χ4n) is 1.26. The molecule has 0 amide bonds. The molecular weight excluding hydrogens is 276 g/mol. The molecule has 0 bridgehead atoms. The van der Waals surface area contributed by atoms with Crippen LogP contribution in [0.2, 0.25) is 5.15 Å². The molecule has 2 rings (SSSR count). The van der Waals surface area contributed by atoms with Crippen LogP contribution in [0.3, 0.4) is 0 Å². The van der Waals surface area contributed by atoms with Crippen LogP contribution >= 0.6 is 11.6 Å². The zero-order valence-electron chi connectivity index (χ0n) is 9.75. The molecule has 0 aliphatic carbocycles. The number of aromatic nitrogens is 2. The predicted octanol–water partition coefficient (Wildman–Crippen LogP) is 1.50. The maximum atomic E-state index is 11.7. The second-order valence-corrected chi connectivity index (χ2v) is 5.98. The van der Waals surface area contributed by atoms with E-state index < -0.39 is 10.2 Å². The van der Waals surface area contributed by atoms with Crippen molar-refractivity contribution in [1.29, 1.82) is 0 Å². The highest BCUT2D eigenvalue weighted by Gasteiger charge is 2.17. The van der Waals surface area contributed by atoms with Gasteiger partial charge in [0.15, 0.2) is 11.0 Å². The fourth-order valence-corrected chi connectivity index (χ4v) is 2.06. The van der Waals surface area contributed by atoms with Crippen molar-refractivity contribution in [2.45, 2.75) is 0 Å². The summed E-state index contributed by atoms with van der Waals surface area (Å²) in [5.74, 6) is 0.0177. The van der Waals surface area contributed by atoms with E-state index in [1.54, 1.807) is 24.3 Å². The summed E-state index contributed by atoms with van der Waals surface area (Å²) in [6, 6.07) is 7.07. The number of nitrogens with zero attached hydrogens (tertiary/aromatic N) is 3. The number of halogens is 1. The van der Waals surface area contributed by atoms with E-state index in [0.717, 1.165) is 4.31 Å². The maximum absolute atomic E-state index is 11.7. The van der Waals surface area contributed by atoms with Crippen LogP contribution in [-0.4, -0.2) is 36.8 Å². The molecule has 1 aromatic carbocycles. The number of anilines is 1. The van der Waals surface area contributed by atoms with Gasteiger partial charge in [0, 0.05) is 14.1 Å². The number of fused-ring (bicyclic) bond motifs is 1. The SMILES string of the molecule is CN(C)S(=O)(=O)Nc1nc2ccccc2nc1Cl. The molecule has 6 nitrogen and oxygen atoms in total. The second kappa shape index (κ2) is 4.68. The average Bonchev–Trinajstić information content (AvgIpc) is 2.29. The van der Waals surface area contributed by atoms with Crippen molar-refractivity contribution in [2.75, 3.05) is 18.8 Å². The number of rotatable bonds is 3. The lowest BCUT2D eigenvalue weighted by Gasteiger charge is -2.13. The third-order valence-corrected chi connectivity index (χ3v) is 3.91. The Hall–Kier alpha value is -1.44. The van der Waals surface area contributed by atoms with Gasteiger partial charge in [-0.3, -0.25) is 4.72 Å². The zero-order valence-corrected chi connectivity index (χ0v) is 11.3. The summed E-state index contributed by atoms with van der Waals surface area (Å²) in [7, 11) is -0.831. The summed E-state index contributed by atoms with van der Waals surface area (Å²) >= 11 is 5.89. The second-order valence-electron chi connectivity index (χ2n) is 3.74. The van der Waals surface area contributed by atoms with Crippen LogP contribution in [-0.2, 0) is 10.2 Å². The van der Waals surface area contributed by atoms with E-state index in [1.807, 2.05) is 0 Å². The summed E-state index contributed by atoms with van der Waals surface area (Å²) < 4.78 is 26.7. The Morgan fingerprint density at radius 2 is 1.72 bits per heavy atom. The highest BCUT2D eigenvalue weighted by Crippen LogP contribution is 2.22. The van der Waals surface area contributed by atoms with Gasteiger partial charge in [0.25, 0.3) is 0 Å². The van der Waals surface area contributed by atoms with E-state index in [-0.39, 0.29) is 11.0 Å². The lowest BCUT2D eigenvalue weighted by Crippen LogP contribution is -2.29. The van der Waals surface area contributed by atoms with E-state index in [0.29, 0.717) is 11.0 Å². The number of nitrogens with one attached hydrogen (secondary N) is 1. The van der Waals surface area contributed by atoms with Crippen LogP contribution in [0.1, 0.15) is 0 Å².